The number of ether oxygens (including phenoxy) is 1. The van der Waals surface area contributed by atoms with Crippen molar-refractivity contribution in [3.8, 4) is 5.75 Å². The van der Waals surface area contributed by atoms with Gasteiger partial charge >= 0.3 is 5.97 Å². The highest BCUT2D eigenvalue weighted by atomic mass is 19.2. The number of hydrogen-bond acceptors (Lipinski definition) is 4. The maximum Gasteiger partial charge on any atom is 0.311 e. The van der Waals surface area contributed by atoms with E-state index in [1.807, 2.05) is 0 Å². The first kappa shape index (κ1) is 15.6. The summed E-state index contributed by atoms with van der Waals surface area (Å²) in [5, 5.41) is 10.5. The zero-order valence-corrected chi connectivity index (χ0v) is 11.3. The van der Waals surface area contributed by atoms with Gasteiger partial charge in [-0.15, -0.1) is 0 Å². The Morgan fingerprint density at radius 2 is 1.82 bits per heavy atom. The largest absolute Gasteiger partial charge is 0.427 e. The number of carbonyl (C=O) groups excluding carboxylic acids is 1. The maximum absolute atomic E-state index is 13.4. The molecule has 0 N–H and O–H groups in total. The molecule has 114 valence electrons. The smallest absolute Gasteiger partial charge is 0.311 e. The summed E-state index contributed by atoms with van der Waals surface area (Å²) in [6.07, 6.45) is -0.146. The van der Waals surface area contributed by atoms with Gasteiger partial charge in [-0.1, -0.05) is 12.1 Å². The first-order valence-corrected chi connectivity index (χ1v) is 6.35. The predicted octanol–water partition coefficient (Wildman–Crippen LogP) is 3.41. The minimum absolute atomic E-state index is 0.00456. The summed E-state index contributed by atoms with van der Waals surface area (Å²) >= 11 is 0. The van der Waals surface area contributed by atoms with Crippen LogP contribution in [0.2, 0.25) is 0 Å². The lowest BCUT2D eigenvalue weighted by molar-refractivity contribution is -0.384. The molecular formula is C15H11F2NO4. The number of halogens is 2. The molecule has 0 fully saturated rings. The van der Waals surface area contributed by atoms with Crippen LogP contribution in [0.1, 0.15) is 12.0 Å². The van der Waals surface area contributed by atoms with Gasteiger partial charge in [0, 0.05) is 12.1 Å². The summed E-state index contributed by atoms with van der Waals surface area (Å²) in [7, 11) is 0. The fraction of sp³-hybridized carbons (Fsp3) is 0.133. The summed E-state index contributed by atoms with van der Waals surface area (Å²) < 4.78 is 31.4. The Balaban J connectivity index is 1.93. The number of nitro benzene ring substituents is 1. The number of benzene rings is 2. The van der Waals surface area contributed by atoms with Gasteiger partial charge in [0.05, 0.1) is 11.3 Å². The number of aryl methyl sites for hydroxylation is 1. The molecule has 0 bridgehead atoms. The molecule has 7 heteroatoms. The molecule has 0 heterocycles. The molecule has 22 heavy (non-hydrogen) atoms. The highest BCUT2D eigenvalue weighted by Crippen LogP contribution is 2.18. The van der Waals surface area contributed by atoms with Crippen LogP contribution >= 0.6 is 0 Å². The normalized spacial score (nSPS) is 10.3. The standard InChI is InChI=1S/C15H11F2NO4/c16-13-3-1-2-10(15(13)17)4-9-14(19)22-12-7-5-11(6-8-12)18(20)21/h1-3,5-8H,4,9H2. The van der Waals surface area contributed by atoms with E-state index < -0.39 is 22.5 Å². The van der Waals surface area contributed by atoms with Crippen LogP contribution in [0, 0.1) is 21.7 Å². The molecule has 0 aliphatic heterocycles. The number of nitro groups is 1. The zero-order chi connectivity index (χ0) is 16.1. The van der Waals surface area contributed by atoms with Gasteiger partial charge in [0.1, 0.15) is 5.75 Å². The Kier molecular flexibility index (Phi) is 4.77. The minimum atomic E-state index is -0.981. The second-order valence-electron chi connectivity index (χ2n) is 4.44. The van der Waals surface area contributed by atoms with E-state index in [-0.39, 0.29) is 29.8 Å². The Morgan fingerprint density at radius 1 is 1.14 bits per heavy atom. The van der Waals surface area contributed by atoms with Crippen LogP contribution in [-0.2, 0) is 11.2 Å². The van der Waals surface area contributed by atoms with Crippen LogP contribution in [0.5, 0.6) is 5.75 Å². The fourth-order valence-electron chi connectivity index (χ4n) is 1.80. The van der Waals surface area contributed by atoms with E-state index in [4.69, 9.17) is 4.74 Å². The topological polar surface area (TPSA) is 69.4 Å². The molecule has 0 radical (unpaired) electrons. The van der Waals surface area contributed by atoms with E-state index in [1.54, 1.807) is 0 Å². The molecular weight excluding hydrogens is 296 g/mol. The van der Waals surface area contributed by atoms with Crippen molar-refractivity contribution in [1.29, 1.82) is 0 Å². The second kappa shape index (κ2) is 6.75. The average molecular weight is 307 g/mol. The molecule has 0 unspecified atom stereocenters. The van der Waals surface area contributed by atoms with E-state index in [0.717, 1.165) is 6.07 Å². The molecule has 0 amide bonds. The zero-order valence-electron chi connectivity index (χ0n) is 11.3. The van der Waals surface area contributed by atoms with Gasteiger partial charge in [0.25, 0.3) is 5.69 Å². The number of carbonyl (C=O) groups is 1. The molecule has 2 rings (SSSR count). The number of hydrogen-bond donors (Lipinski definition) is 0. The van der Waals surface area contributed by atoms with E-state index in [1.165, 1.54) is 36.4 Å². The molecule has 2 aromatic rings. The quantitative estimate of drug-likeness (QED) is 0.367. The third-order valence-corrected chi connectivity index (χ3v) is 2.91. The molecule has 2 aromatic carbocycles. The van der Waals surface area contributed by atoms with E-state index in [0.29, 0.717) is 0 Å². The van der Waals surface area contributed by atoms with Crippen molar-refractivity contribution in [2.24, 2.45) is 0 Å². The third-order valence-electron chi connectivity index (χ3n) is 2.91. The van der Waals surface area contributed by atoms with Crippen molar-refractivity contribution < 1.29 is 23.2 Å². The summed E-state index contributed by atoms with van der Waals surface area (Å²) in [6, 6.07) is 8.72. The highest BCUT2D eigenvalue weighted by molar-refractivity contribution is 5.72. The van der Waals surface area contributed by atoms with Crippen molar-refractivity contribution in [3.05, 3.63) is 69.8 Å². The number of non-ortho nitro benzene ring substituents is 1. The molecule has 0 spiro atoms. The monoisotopic (exact) mass is 307 g/mol. The molecule has 0 saturated heterocycles. The van der Waals surface area contributed by atoms with Crippen molar-refractivity contribution in [1.82, 2.24) is 0 Å². The number of nitrogens with zero attached hydrogens (tertiary/aromatic N) is 1. The molecule has 0 saturated carbocycles. The molecule has 0 aliphatic carbocycles. The molecule has 0 aromatic heterocycles. The van der Waals surface area contributed by atoms with Gasteiger partial charge in [-0.2, -0.15) is 0 Å². The fourth-order valence-corrected chi connectivity index (χ4v) is 1.80. The van der Waals surface area contributed by atoms with Gasteiger partial charge in [-0.25, -0.2) is 8.78 Å². The van der Waals surface area contributed by atoms with Crippen LogP contribution in [0.25, 0.3) is 0 Å². The Bertz CT molecular complexity index is 701. The van der Waals surface area contributed by atoms with Crippen LogP contribution < -0.4 is 4.74 Å². The van der Waals surface area contributed by atoms with E-state index in [2.05, 4.69) is 0 Å². The SMILES string of the molecule is O=C(CCc1cccc(F)c1F)Oc1ccc([N+](=O)[O-])cc1. The molecule has 0 atom stereocenters. The van der Waals surface area contributed by atoms with Gasteiger partial charge < -0.3 is 4.74 Å². The average Bonchev–Trinajstić information content (AvgIpc) is 2.49. The summed E-state index contributed by atoms with van der Waals surface area (Å²) in [5.74, 6) is -2.44. The van der Waals surface area contributed by atoms with Crippen molar-refractivity contribution in [3.63, 3.8) is 0 Å². The first-order chi connectivity index (χ1) is 10.5. The van der Waals surface area contributed by atoms with Crippen molar-refractivity contribution in [2.75, 3.05) is 0 Å². The van der Waals surface area contributed by atoms with Crippen molar-refractivity contribution in [2.45, 2.75) is 12.8 Å². The molecule has 0 aliphatic rings. The number of rotatable bonds is 5. The predicted molar refractivity (Wildman–Crippen MR) is 73.4 cm³/mol. The summed E-state index contributed by atoms with van der Waals surface area (Å²) in [4.78, 5) is 21.5. The van der Waals surface area contributed by atoms with Crippen LogP contribution in [0.3, 0.4) is 0 Å². The van der Waals surface area contributed by atoms with Gasteiger partial charge in [0.2, 0.25) is 0 Å². The minimum Gasteiger partial charge on any atom is -0.427 e. The third kappa shape index (κ3) is 3.85. The Labute approximate surface area is 124 Å². The summed E-state index contributed by atoms with van der Waals surface area (Å²) in [5.41, 5.74) is -0.0396. The Hall–Kier alpha value is -2.83. The lowest BCUT2D eigenvalue weighted by Crippen LogP contribution is -2.09. The lowest BCUT2D eigenvalue weighted by Gasteiger charge is -2.05. The van der Waals surface area contributed by atoms with E-state index in [9.17, 15) is 23.7 Å². The molecule has 5 nitrogen and oxygen atoms in total. The number of esters is 1. The van der Waals surface area contributed by atoms with E-state index >= 15 is 0 Å². The van der Waals surface area contributed by atoms with Crippen molar-refractivity contribution >= 4 is 11.7 Å². The van der Waals surface area contributed by atoms with Crippen LogP contribution in [0.15, 0.2) is 42.5 Å². The second-order valence-corrected chi connectivity index (χ2v) is 4.44. The van der Waals surface area contributed by atoms with Crippen LogP contribution in [-0.4, -0.2) is 10.9 Å². The Morgan fingerprint density at radius 3 is 2.45 bits per heavy atom. The van der Waals surface area contributed by atoms with Gasteiger partial charge in [-0.3, -0.25) is 14.9 Å². The maximum atomic E-state index is 13.4. The van der Waals surface area contributed by atoms with Gasteiger partial charge in [-0.05, 0) is 30.2 Å². The van der Waals surface area contributed by atoms with Gasteiger partial charge in [0.15, 0.2) is 11.6 Å². The summed E-state index contributed by atoms with van der Waals surface area (Å²) in [6.45, 7) is 0. The van der Waals surface area contributed by atoms with Crippen LogP contribution in [0.4, 0.5) is 14.5 Å². The lowest BCUT2D eigenvalue weighted by atomic mass is 10.1. The first-order valence-electron chi connectivity index (χ1n) is 6.35. The highest BCUT2D eigenvalue weighted by Gasteiger charge is 2.12.